The summed E-state index contributed by atoms with van der Waals surface area (Å²) < 4.78 is 0. The Balaban J connectivity index is 1.77. The molecule has 1 aliphatic carbocycles. The molecule has 1 aliphatic rings. The summed E-state index contributed by atoms with van der Waals surface area (Å²) in [7, 11) is 0. The van der Waals surface area contributed by atoms with Crippen LogP contribution >= 0.6 is 0 Å². The number of nitrogens with zero attached hydrogens (tertiary/aromatic N) is 2. The van der Waals surface area contributed by atoms with Crippen LogP contribution < -0.4 is 5.73 Å². The van der Waals surface area contributed by atoms with Gasteiger partial charge in [0.1, 0.15) is 11.6 Å². The maximum absolute atomic E-state index is 5.67. The Hall–Kier alpha value is -1.58. The molecule has 0 amide bonds. The van der Waals surface area contributed by atoms with E-state index in [1.54, 1.807) is 0 Å². The van der Waals surface area contributed by atoms with Crippen LogP contribution in [0.2, 0.25) is 0 Å². The number of rotatable bonds is 2. The maximum atomic E-state index is 5.67. The first kappa shape index (κ1) is 11.5. The fraction of sp³-hybridized carbons (Fsp3) is 0.571. The van der Waals surface area contributed by atoms with E-state index >= 15 is 0 Å². The van der Waals surface area contributed by atoms with Crippen molar-refractivity contribution in [2.24, 2.45) is 5.92 Å². The standard InChI is InChI=1S/C14H20N4/c15-12-8-7-11-14(17-12)18-13(16-11)9-10-5-3-1-2-4-6-10/h7-8,10H,1-6,9H2,(H3,15,16,17,18). The number of nitrogens with two attached hydrogens (primary N) is 1. The van der Waals surface area contributed by atoms with Crippen molar-refractivity contribution in [1.82, 2.24) is 15.0 Å². The Kier molecular flexibility index (Phi) is 3.17. The molecule has 96 valence electrons. The molecular weight excluding hydrogens is 224 g/mol. The average Bonchev–Trinajstić information content (AvgIpc) is 2.57. The summed E-state index contributed by atoms with van der Waals surface area (Å²) in [4.78, 5) is 12.2. The number of aromatic amines is 1. The number of anilines is 1. The zero-order valence-electron chi connectivity index (χ0n) is 10.7. The number of aromatic nitrogens is 3. The zero-order valence-corrected chi connectivity index (χ0v) is 10.7. The van der Waals surface area contributed by atoms with Gasteiger partial charge in [0.25, 0.3) is 0 Å². The van der Waals surface area contributed by atoms with Gasteiger partial charge in [-0.15, -0.1) is 0 Å². The highest BCUT2D eigenvalue weighted by atomic mass is 15.0. The number of imidazole rings is 1. The fourth-order valence-electron chi connectivity index (χ4n) is 2.90. The summed E-state index contributed by atoms with van der Waals surface area (Å²) >= 11 is 0. The minimum absolute atomic E-state index is 0.537. The van der Waals surface area contributed by atoms with Crippen LogP contribution in [0.15, 0.2) is 12.1 Å². The fourth-order valence-corrected chi connectivity index (χ4v) is 2.90. The Morgan fingerprint density at radius 1 is 1.11 bits per heavy atom. The van der Waals surface area contributed by atoms with E-state index in [0.29, 0.717) is 5.82 Å². The van der Waals surface area contributed by atoms with Gasteiger partial charge in [-0.05, 0) is 18.1 Å². The third-order valence-corrected chi connectivity index (χ3v) is 3.87. The Morgan fingerprint density at radius 2 is 1.89 bits per heavy atom. The highest BCUT2D eigenvalue weighted by Gasteiger charge is 2.15. The van der Waals surface area contributed by atoms with Crippen molar-refractivity contribution < 1.29 is 0 Å². The molecule has 2 aromatic rings. The number of hydrogen-bond acceptors (Lipinski definition) is 3. The summed E-state index contributed by atoms with van der Waals surface area (Å²) in [5.74, 6) is 2.38. The summed E-state index contributed by atoms with van der Waals surface area (Å²) in [6, 6.07) is 3.78. The molecule has 2 heterocycles. The molecule has 4 heteroatoms. The van der Waals surface area contributed by atoms with Crippen molar-refractivity contribution >= 4 is 17.0 Å². The van der Waals surface area contributed by atoms with Crippen LogP contribution in [0, 0.1) is 5.92 Å². The van der Waals surface area contributed by atoms with Crippen molar-refractivity contribution in [2.45, 2.75) is 44.9 Å². The number of nitrogens with one attached hydrogen (secondary N) is 1. The normalized spacial score (nSPS) is 18.0. The molecular formula is C14H20N4. The smallest absolute Gasteiger partial charge is 0.179 e. The molecule has 3 rings (SSSR count). The predicted octanol–water partition coefficient (Wildman–Crippen LogP) is 3.05. The summed E-state index contributed by atoms with van der Waals surface area (Å²) in [5, 5.41) is 0. The highest BCUT2D eigenvalue weighted by molar-refractivity contribution is 5.72. The molecule has 0 saturated heterocycles. The SMILES string of the molecule is Nc1ccc2[nH]c(CC3CCCCCC3)nc2n1. The molecule has 4 nitrogen and oxygen atoms in total. The zero-order chi connectivity index (χ0) is 12.4. The van der Waals surface area contributed by atoms with Crippen LogP contribution in [-0.2, 0) is 6.42 Å². The summed E-state index contributed by atoms with van der Waals surface area (Å²) in [6.07, 6.45) is 9.27. The van der Waals surface area contributed by atoms with Gasteiger partial charge in [0.05, 0.1) is 5.52 Å². The Morgan fingerprint density at radius 3 is 2.67 bits per heavy atom. The Labute approximate surface area is 107 Å². The molecule has 0 atom stereocenters. The first-order valence-corrected chi connectivity index (χ1v) is 6.92. The van der Waals surface area contributed by atoms with Crippen molar-refractivity contribution in [3.63, 3.8) is 0 Å². The number of fused-ring (bicyclic) bond motifs is 1. The van der Waals surface area contributed by atoms with E-state index in [4.69, 9.17) is 5.73 Å². The topological polar surface area (TPSA) is 67.6 Å². The number of pyridine rings is 1. The van der Waals surface area contributed by atoms with E-state index in [9.17, 15) is 0 Å². The lowest BCUT2D eigenvalue weighted by Gasteiger charge is -2.11. The second kappa shape index (κ2) is 4.96. The van der Waals surface area contributed by atoms with Gasteiger partial charge in [-0.1, -0.05) is 38.5 Å². The van der Waals surface area contributed by atoms with Gasteiger partial charge in [0.15, 0.2) is 5.65 Å². The quantitative estimate of drug-likeness (QED) is 0.798. The second-order valence-electron chi connectivity index (χ2n) is 5.35. The Bertz CT molecular complexity index is 524. The molecule has 0 aliphatic heterocycles. The summed E-state index contributed by atoms with van der Waals surface area (Å²) in [6.45, 7) is 0. The van der Waals surface area contributed by atoms with Gasteiger partial charge in [0.2, 0.25) is 0 Å². The average molecular weight is 244 g/mol. The van der Waals surface area contributed by atoms with Crippen LogP contribution in [-0.4, -0.2) is 15.0 Å². The second-order valence-corrected chi connectivity index (χ2v) is 5.35. The van der Waals surface area contributed by atoms with Gasteiger partial charge in [0, 0.05) is 6.42 Å². The predicted molar refractivity (Wildman–Crippen MR) is 73.2 cm³/mol. The largest absolute Gasteiger partial charge is 0.384 e. The minimum atomic E-state index is 0.537. The van der Waals surface area contributed by atoms with E-state index in [0.717, 1.165) is 29.3 Å². The molecule has 0 aromatic carbocycles. The van der Waals surface area contributed by atoms with Crippen LogP contribution in [0.1, 0.15) is 44.3 Å². The van der Waals surface area contributed by atoms with Crippen molar-refractivity contribution in [1.29, 1.82) is 0 Å². The summed E-state index contributed by atoms with van der Waals surface area (Å²) in [5.41, 5.74) is 7.42. The van der Waals surface area contributed by atoms with E-state index in [1.807, 2.05) is 12.1 Å². The molecule has 0 unspecified atom stereocenters. The molecule has 0 spiro atoms. The van der Waals surface area contributed by atoms with Crippen LogP contribution in [0.3, 0.4) is 0 Å². The van der Waals surface area contributed by atoms with Crippen LogP contribution in [0.25, 0.3) is 11.2 Å². The van der Waals surface area contributed by atoms with Gasteiger partial charge < -0.3 is 10.7 Å². The maximum Gasteiger partial charge on any atom is 0.179 e. The van der Waals surface area contributed by atoms with E-state index in [2.05, 4.69) is 15.0 Å². The van der Waals surface area contributed by atoms with Gasteiger partial charge in [-0.25, -0.2) is 9.97 Å². The van der Waals surface area contributed by atoms with Crippen molar-refractivity contribution in [3.05, 3.63) is 18.0 Å². The highest BCUT2D eigenvalue weighted by Crippen LogP contribution is 2.25. The van der Waals surface area contributed by atoms with Crippen molar-refractivity contribution in [2.75, 3.05) is 5.73 Å². The third-order valence-electron chi connectivity index (χ3n) is 3.87. The molecule has 1 saturated carbocycles. The third kappa shape index (κ3) is 2.47. The van der Waals surface area contributed by atoms with Gasteiger partial charge >= 0.3 is 0 Å². The number of hydrogen-bond donors (Lipinski definition) is 2. The lowest BCUT2D eigenvalue weighted by atomic mass is 9.96. The molecule has 1 fully saturated rings. The molecule has 0 bridgehead atoms. The lowest BCUT2D eigenvalue weighted by molar-refractivity contribution is 0.450. The lowest BCUT2D eigenvalue weighted by Crippen LogP contribution is -2.04. The monoisotopic (exact) mass is 244 g/mol. The van der Waals surface area contributed by atoms with E-state index in [-0.39, 0.29) is 0 Å². The minimum Gasteiger partial charge on any atom is -0.384 e. The van der Waals surface area contributed by atoms with Gasteiger partial charge in [-0.2, -0.15) is 0 Å². The molecule has 0 radical (unpaired) electrons. The number of H-pyrrole nitrogens is 1. The molecule has 18 heavy (non-hydrogen) atoms. The van der Waals surface area contributed by atoms with Crippen LogP contribution in [0.4, 0.5) is 5.82 Å². The van der Waals surface area contributed by atoms with E-state index < -0.39 is 0 Å². The van der Waals surface area contributed by atoms with Gasteiger partial charge in [-0.3, -0.25) is 0 Å². The van der Waals surface area contributed by atoms with Crippen LogP contribution in [0.5, 0.6) is 0 Å². The molecule has 3 N–H and O–H groups in total. The first-order chi connectivity index (χ1) is 8.81. The number of nitrogen functional groups attached to an aromatic ring is 1. The van der Waals surface area contributed by atoms with Crippen molar-refractivity contribution in [3.8, 4) is 0 Å². The first-order valence-electron chi connectivity index (χ1n) is 6.92. The van der Waals surface area contributed by atoms with E-state index in [1.165, 1.54) is 38.5 Å². The molecule has 2 aromatic heterocycles.